The molecule has 1 saturated heterocycles. The summed E-state index contributed by atoms with van der Waals surface area (Å²) in [5.74, 6) is -1.05. The van der Waals surface area contributed by atoms with Crippen molar-refractivity contribution in [1.29, 1.82) is 0 Å². The fourth-order valence-electron chi connectivity index (χ4n) is 5.29. The van der Waals surface area contributed by atoms with Gasteiger partial charge in [0.2, 0.25) is 0 Å². The Bertz CT molecular complexity index is 1200. The van der Waals surface area contributed by atoms with E-state index in [0.29, 0.717) is 36.0 Å². The molecule has 1 aliphatic heterocycles. The Morgan fingerprint density at radius 3 is 2.32 bits per heavy atom. The first-order valence-electron chi connectivity index (χ1n) is 13.9. The van der Waals surface area contributed by atoms with Gasteiger partial charge in [-0.2, -0.15) is 13.2 Å². The van der Waals surface area contributed by atoms with Crippen LogP contribution < -0.4 is 9.64 Å². The molecular formula is C30H39ClF3N3O4. The van der Waals surface area contributed by atoms with Gasteiger partial charge in [-0.3, -0.25) is 9.59 Å². The quantitative estimate of drug-likeness (QED) is 0.358. The van der Waals surface area contributed by atoms with Crippen LogP contribution in [0.4, 0.5) is 18.9 Å². The van der Waals surface area contributed by atoms with Crippen LogP contribution in [-0.2, 0) is 10.4 Å². The van der Waals surface area contributed by atoms with Gasteiger partial charge in [0.25, 0.3) is 17.4 Å². The Morgan fingerprint density at radius 2 is 1.76 bits per heavy atom. The van der Waals surface area contributed by atoms with Crippen LogP contribution in [0.3, 0.4) is 0 Å². The first-order chi connectivity index (χ1) is 19.4. The smallest absolute Gasteiger partial charge is 0.430 e. The van der Waals surface area contributed by atoms with E-state index >= 15 is 0 Å². The third-order valence-corrected chi connectivity index (χ3v) is 8.19. The minimum Gasteiger partial charge on any atom is -0.497 e. The maximum Gasteiger partial charge on any atom is 0.430 e. The lowest BCUT2D eigenvalue weighted by Crippen LogP contribution is -2.55. The van der Waals surface area contributed by atoms with Gasteiger partial charge in [-0.1, -0.05) is 23.7 Å². The lowest BCUT2D eigenvalue weighted by molar-refractivity contribution is -0.261. The maximum atomic E-state index is 14.0. The van der Waals surface area contributed by atoms with Gasteiger partial charge in [-0.15, -0.1) is 0 Å². The number of piperidine rings is 1. The molecule has 3 rings (SSSR count). The van der Waals surface area contributed by atoms with Crippen LogP contribution in [0, 0.1) is 5.92 Å². The third-order valence-electron chi connectivity index (χ3n) is 7.87. The molecule has 0 saturated carbocycles. The lowest BCUT2D eigenvalue weighted by Gasteiger charge is -2.35. The van der Waals surface area contributed by atoms with Crippen molar-refractivity contribution in [1.82, 2.24) is 9.80 Å². The predicted molar refractivity (Wildman–Crippen MR) is 153 cm³/mol. The Kier molecular flexibility index (Phi) is 10.9. The van der Waals surface area contributed by atoms with Crippen LogP contribution in [-0.4, -0.2) is 79.8 Å². The Balaban J connectivity index is 1.55. The van der Waals surface area contributed by atoms with Crippen molar-refractivity contribution in [3.63, 3.8) is 0 Å². The molecule has 7 nitrogen and oxygen atoms in total. The molecule has 11 heteroatoms. The summed E-state index contributed by atoms with van der Waals surface area (Å²) in [6.07, 6.45) is -2.20. The van der Waals surface area contributed by atoms with Gasteiger partial charge >= 0.3 is 6.18 Å². The van der Waals surface area contributed by atoms with E-state index in [1.54, 1.807) is 11.0 Å². The first kappa shape index (κ1) is 32.5. The summed E-state index contributed by atoms with van der Waals surface area (Å²) in [6.45, 7) is 6.71. The second-order valence-electron chi connectivity index (χ2n) is 10.4. The third kappa shape index (κ3) is 7.27. The van der Waals surface area contributed by atoms with Gasteiger partial charge in [0.15, 0.2) is 0 Å². The summed E-state index contributed by atoms with van der Waals surface area (Å²) >= 11 is 6.47. The molecule has 1 aliphatic rings. The molecule has 1 heterocycles. The first-order valence-corrected chi connectivity index (χ1v) is 14.3. The molecular weight excluding hydrogens is 559 g/mol. The highest BCUT2D eigenvalue weighted by atomic mass is 35.5. The molecule has 0 radical (unpaired) electrons. The lowest BCUT2D eigenvalue weighted by atomic mass is 9.90. The number of anilines is 1. The number of halogens is 4. The van der Waals surface area contributed by atoms with E-state index in [1.807, 2.05) is 26.0 Å². The van der Waals surface area contributed by atoms with Crippen molar-refractivity contribution in [2.24, 2.45) is 5.92 Å². The fourth-order valence-corrected chi connectivity index (χ4v) is 5.54. The Morgan fingerprint density at radius 1 is 1.10 bits per heavy atom. The van der Waals surface area contributed by atoms with E-state index in [9.17, 15) is 27.9 Å². The van der Waals surface area contributed by atoms with Crippen molar-refractivity contribution in [2.75, 3.05) is 51.8 Å². The van der Waals surface area contributed by atoms with Crippen molar-refractivity contribution in [3.05, 3.63) is 58.6 Å². The molecule has 0 unspecified atom stereocenters. The molecule has 0 aromatic heterocycles. The van der Waals surface area contributed by atoms with Crippen LogP contribution in [0.5, 0.6) is 5.75 Å². The summed E-state index contributed by atoms with van der Waals surface area (Å²) in [5.41, 5.74) is -2.83. The summed E-state index contributed by atoms with van der Waals surface area (Å²) in [5, 5.41) is 11.1. The van der Waals surface area contributed by atoms with E-state index < -0.39 is 23.2 Å². The second-order valence-corrected chi connectivity index (χ2v) is 10.8. The van der Waals surface area contributed by atoms with Crippen molar-refractivity contribution in [2.45, 2.75) is 51.3 Å². The zero-order chi connectivity index (χ0) is 30.4. The Hall–Kier alpha value is -2.98. The minimum atomic E-state index is -5.21. The number of hydrogen-bond donors (Lipinski definition) is 1. The van der Waals surface area contributed by atoms with Gasteiger partial charge in [-0.05, 0) is 75.8 Å². The van der Waals surface area contributed by atoms with Crippen LogP contribution >= 0.6 is 11.6 Å². The van der Waals surface area contributed by atoms with E-state index in [1.165, 1.54) is 26.3 Å². The molecule has 0 aliphatic carbocycles. The fraction of sp³-hybridized carbons (Fsp3) is 0.533. The van der Waals surface area contributed by atoms with Crippen molar-refractivity contribution in [3.8, 4) is 5.75 Å². The van der Waals surface area contributed by atoms with Crippen molar-refractivity contribution < 1.29 is 32.6 Å². The number of aliphatic hydroxyl groups is 1. The van der Waals surface area contributed by atoms with Gasteiger partial charge in [0, 0.05) is 51.0 Å². The summed E-state index contributed by atoms with van der Waals surface area (Å²) in [4.78, 5) is 30.5. The van der Waals surface area contributed by atoms with E-state index in [2.05, 4.69) is 4.90 Å². The number of carbonyl (C=O) groups is 2. The highest BCUT2D eigenvalue weighted by molar-refractivity contribution is 6.34. The molecule has 2 aromatic rings. The summed E-state index contributed by atoms with van der Waals surface area (Å²) in [7, 11) is 2.58. The number of rotatable bonds is 11. The monoisotopic (exact) mass is 597 g/mol. The van der Waals surface area contributed by atoms with Gasteiger partial charge in [0.05, 0.1) is 17.7 Å². The standard InChI is InChI=1S/C30H39ClF3N3O4/c1-5-36(6-2)27(38)25-13-12-23(20-26(25)31)37-17-14-21(15-18-37)9-8-16-35(3)28(39)29(40,30(32,33)34)22-10-7-11-24(19-22)41-4/h7,10-13,19-21,40H,5-6,8-9,14-18H2,1-4H3/t29-/m1/s1. The van der Waals surface area contributed by atoms with E-state index in [-0.39, 0.29) is 18.2 Å². The zero-order valence-corrected chi connectivity index (χ0v) is 24.8. The molecule has 1 atom stereocenters. The topological polar surface area (TPSA) is 73.3 Å². The van der Waals surface area contributed by atoms with E-state index in [4.69, 9.17) is 16.3 Å². The van der Waals surface area contributed by atoms with Crippen LogP contribution in [0.25, 0.3) is 0 Å². The van der Waals surface area contributed by atoms with Crippen LogP contribution in [0.15, 0.2) is 42.5 Å². The zero-order valence-electron chi connectivity index (χ0n) is 24.0. The predicted octanol–water partition coefficient (Wildman–Crippen LogP) is 5.74. The number of ether oxygens (including phenoxy) is 1. The number of benzene rings is 2. The number of methoxy groups -OCH3 is 1. The molecule has 2 amide bonds. The molecule has 2 aromatic carbocycles. The number of carbonyl (C=O) groups excluding carboxylic acids is 2. The van der Waals surface area contributed by atoms with Crippen LogP contribution in [0.1, 0.15) is 55.5 Å². The van der Waals surface area contributed by atoms with Crippen LogP contribution in [0.2, 0.25) is 5.02 Å². The molecule has 226 valence electrons. The van der Waals surface area contributed by atoms with Crippen molar-refractivity contribution >= 4 is 29.1 Å². The van der Waals surface area contributed by atoms with Gasteiger partial charge in [0.1, 0.15) is 5.75 Å². The number of amides is 2. The number of likely N-dealkylation sites (N-methyl/N-ethyl adjacent to an activating group) is 1. The highest BCUT2D eigenvalue weighted by Gasteiger charge is 2.61. The molecule has 0 spiro atoms. The molecule has 0 bridgehead atoms. The second kappa shape index (κ2) is 13.8. The van der Waals surface area contributed by atoms with Gasteiger partial charge < -0.3 is 24.5 Å². The average molecular weight is 598 g/mol. The molecule has 1 fully saturated rings. The summed E-state index contributed by atoms with van der Waals surface area (Å²) in [6, 6.07) is 10.3. The minimum absolute atomic E-state index is 0.0824. The number of nitrogens with zero attached hydrogens (tertiary/aromatic N) is 3. The highest BCUT2D eigenvalue weighted by Crippen LogP contribution is 2.41. The van der Waals surface area contributed by atoms with E-state index in [0.717, 1.165) is 55.1 Å². The molecule has 41 heavy (non-hydrogen) atoms. The largest absolute Gasteiger partial charge is 0.497 e. The number of alkyl halides is 3. The maximum absolute atomic E-state index is 14.0. The molecule has 1 N–H and O–H groups in total. The Labute approximate surface area is 244 Å². The number of hydrogen-bond acceptors (Lipinski definition) is 5. The van der Waals surface area contributed by atoms with Gasteiger partial charge in [-0.25, -0.2) is 0 Å². The summed E-state index contributed by atoms with van der Waals surface area (Å²) < 4.78 is 47.0. The SMILES string of the molecule is CCN(CC)C(=O)c1ccc(N2CCC(CCCN(C)C(=O)[C@](O)(c3cccc(OC)c3)C(F)(F)F)CC2)cc1Cl. The normalized spacial score (nSPS) is 15.8. The average Bonchev–Trinajstić information content (AvgIpc) is 2.96.